The van der Waals surface area contributed by atoms with Gasteiger partial charge >= 0.3 is 0 Å². The molecule has 1 atom stereocenters. The molecular weight excluding hydrogens is 162 g/mol. The van der Waals surface area contributed by atoms with Gasteiger partial charge in [0.15, 0.2) is 0 Å². The molecule has 0 fully saturated rings. The fourth-order valence-corrected chi connectivity index (χ4v) is 1.32. The van der Waals surface area contributed by atoms with E-state index in [0.29, 0.717) is 0 Å². The molecule has 0 radical (unpaired) electrons. The molecule has 1 aromatic heterocycles. The Bertz CT molecular complexity index is 273. The molecule has 0 spiro atoms. The van der Waals surface area contributed by atoms with Crippen molar-refractivity contribution >= 4 is 0 Å². The maximum Gasteiger partial charge on any atom is 0.0953 e. The van der Waals surface area contributed by atoms with Crippen molar-refractivity contribution in [3.05, 3.63) is 18.2 Å². The maximum atomic E-state index is 5.85. The third-order valence-electron chi connectivity index (χ3n) is 2.65. The normalized spacial score (nSPS) is 14.5. The second kappa shape index (κ2) is 3.50. The van der Waals surface area contributed by atoms with E-state index in [2.05, 4.69) is 30.3 Å². The topological polar surface area (TPSA) is 43.8 Å². The van der Waals surface area contributed by atoms with E-state index in [1.165, 1.54) is 0 Å². The molecule has 0 aromatic carbocycles. The minimum absolute atomic E-state index is 0.0494. The number of nitrogens with two attached hydrogens (primary N) is 1. The Morgan fingerprint density at radius 1 is 1.62 bits per heavy atom. The van der Waals surface area contributed by atoms with E-state index in [1.54, 1.807) is 0 Å². The summed E-state index contributed by atoms with van der Waals surface area (Å²) in [5.74, 6) is 0. The molecule has 0 aliphatic carbocycles. The Morgan fingerprint density at radius 3 is 2.69 bits per heavy atom. The summed E-state index contributed by atoms with van der Waals surface area (Å²) in [5, 5.41) is 0. The van der Waals surface area contributed by atoms with Crippen LogP contribution >= 0.6 is 0 Å². The summed E-state index contributed by atoms with van der Waals surface area (Å²) in [6.07, 6.45) is 4.79. The van der Waals surface area contributed by atoms with Crippen molar-refractivity contribution in [1.82, 2.24) is 9.55 Å². The molecule has 13 heavy (non-hydrogen) atoms. The predicted octanol–water partition coefficient (Wildman–Crippen LogP) is 2.05. The molecule has 1 rings (SSSR count). The van der Waals surface area contributed by atoms with Gasteiger partial charge in [-0.25, -0.2) is 4.98 Å². The summed E-state index contributed by atoms with van der Waals surface area (Å²) in [5.41, 5.74) is 7.06. The number of rotatable bonds is 3. The van der Waals surface area contributed by atoms with Gasteiger partial charge in [0, 0.05) is 17.8 Å². The number of nitrogens with zero attached hydrogens (tertiary/aromatic N) is 2. The molecule has 74 valence electrons. The Hall–Kier alpha value is -0.830. The molecule has 0 saturated carbocycles. The van der Waals surface area contributed by atoms with Crippen molar-refractivity contribution in [3.8, 4) is 0 Å². The molecule has 1 heterocycles. The van der Waals surface area contributed by atoms with Gasteiger partial charge in [0.05, 0.1) is 12.0 Å². The SMILES string of the molecule is CCC(C)(C)n1cncc1[C@H](C)N. The van der Waals surface area contributed by atoms with Crippen molar-refractivity contribution in [1.29, 1.82) is 0 Å². The van der Waals surface area contributed by atoms with E-state index in [-0.39, 0.29) is 11.6 Å². The van der Waals surface area contributed by atoms with Gasteiger partial charge in [-0.15, -0.1) is 0 Å². The molecule has 0 amide bonds. The molecule has 2 N–H and O–H groups in total. The lowest BCUT2D eigenvalue weighted by Crippen LogP contribution is -2.28. The lowest BCUT2D eigenvalue weighted by atomic mass is 10.0. The summed E-state index contributed by atoms with van der Waals surface area (Å²) in [6.45, 7) is 8.55. The predicted molar refractivity (Wildman–Crippen MR) is 54.4 cm³/mol. The van der Waals surface area contributed by atoms with Gasteiger partial charge < -0.3 is 10.3 Å². The summed E-state index contributed by atoms with van der Waals surface area (Å²) >= 11 is 0. The first-order valence-electron chi connectivity index (χ1n) is 4.77. The average molecular weight is 181 g/mol. The van der Waals surface area contributed by atoms with E-state index in [9.17, 15) is 0 Å². The molecule has 0 aliphatic rings. The minimum atomic E-state index is 0.0494. The molecule has 0 aliphatic heterocycles. The van der Waals surface area contributed by atoms with E-state index in [4.69, 9.17) is 5.73 Å². The van der Waals surface area contributed by atoms with Gasteiger partial charge in [0.1, 0.15) is 0 Å². The zero-order valence-corrected chi connectivity index (χ0v) is 8.91. The van der Waals surface area contributed by atoms with Crippen LogP contribution in [0.15, 0.2) is 12.5 Å². The van der Waals surface area contributed by atoms with Crippen LogP contribution in [0.5, 0.6) is 0 Å². The molecule has 3 nitrogen and oxygen atoms in total. The highest BCUT2D eigenvalue weighted by Gasteiger charge is 2.21. The minimum Gasteiger partial charge on any atom is -0.328 e. The largest absolute Gasteiger partial charge is 0.328 e. The standard InChI is InChI=1S/C10H19N3/c1-5-10(3,4)13-7-12-6-9(13)8(2)11/h6-8H,5,11H2,1-4H3/t8-/m0/s1. The second-order valence-electron chi connectivity index (χ2n) is 4.14. The lowest BCUT2D eigenvalue weighted by molar-refractivity contribution is 0.328. The van der Waals surface area contributed by atoms with E-state index < -0.39 is 0 Å². The van der Waals surface area contributed by atoms with Crippen LogP contribution < -0.4 is 5.73 Å². The fraction of sp³-hybridized carbons (Fsp3) is 0.700. The van der Waals surface area contributed by atoms with E-state index >= 15 is 0 Å². The number of hydrogen-bond donors (Lipinski definition) is 1. The smallest absolute Gasteiger partial charge is 0.0953 e. The number of aromatic nitrogens is 2. The highest BCUT2D eigenvalue weighted by molar-refractivity contribution is 5.06. The molecule has 0 bridgehead atoms. The Balaban J connectivity index is 3.07. The third-order valence-corrected chi connectivity index (χ3v) is 2.65. The van der Waals surface area contributed by atoms with Gasteiger partial charge in [-0.05, 0) is 27.2 Å². The Morgan fingerprint density at radius 2 is 2.23 bits per heavy atom. The third kappa shape index (κ3) is 1.91. The monoisotopic (exact) mass is 181 g/mol. The molecular formula is C10H19N3. The van der Waals surface area contributed by atoms with Crippen LogP contribution in [0, 0.1) is 0 Å². The van der Waals surface area contributed by atoms with Crippen molar-refractivity contribution < 1.29 is 0 Å². The van der Waals surface area contributed by atoms with Crippen molar-refractivity contribution in [2.24, 2.45) is 5.73 Å². The van der Waals surface area contributed by atoms with Crippen LogP contribution in [-0.2, 0) is 5.54 Å². The zero-order valence-electron chi connectivity index (χ0n) is 8.91. The summed E-state index contributed by atoms with van der Waals surface area (Å²) in [6, 6.07) is 0.0494. The van der Waals surface area contributed by atoms with Gasteiger partial charge in [0.2, 0.25) is 0 Å². The first kappa shape index (κ1) is 10.3. The van der Waals surface area contributed by atoms with Gasteiger partial charge in [-0.3, -0.25) is 0 Å². The Labute approximate surface area is 80.0 Å². The van der Waals surface area contributed by atoms with E-state index in [0.717, 1.165) is 12.1 Å². The van der Waals surface area contributed by atoms with Crippen molar-refractivity contribution in [2.75, 3.05) is 0 Å². The molecule has 1 aromatic rings. The van der Waals surface area contributed by atoms with Crippen LogP contribution in [0.25, 0.3) is 0 Å². The second-order valence-corrected chi connectivity index (χ2v) is 4.14. The maximum absolute atomic E-state index is 5.85. The van der Waals surface area contributed by atoms with E-state index in [1.807, 2.05) is 19.4 Å². The van der Waals surface area contributed by atoms with Crippen LogP contribution in [0.1, 0.15) is 45.9 Å². The van der Waals surface area contributed by atoms with Gasteiger partial charge in [-0.1, -0.05) is 6.92 Å². The fourth-order valence-electron chi connectivity index (χ4n) is 1.32. The highest BCUT2D eigenvalue weighted by Crippen LogP contribution is 2.23. The molecule has 0 unspecified atom stereocenters. The average Bonchev–Trinajstić information content (AvgIpc) is 2.52. The van der Waals surface area contributed by atoms with Gasteiger partial charge in [0.25, 0.3) is 0 Å². The first-order valence-corrected chi connectivity index (χ1v) is 4.77. The summed E-state index contributed by atoms with van der Waals surface area (Å²) in [7, 11) is 0. The lowest BCUT2D eigenvalue weighted by Gasteiger charge is -2.28. The number of hydrogen-bond acceptors (Lipinski definition) is 2. The van der Waals surface area contributed by atoms with Crippen molar-refractivity contribution in [2.45, 2.75) is 45.7 Å². The van der Waals surface area contributed by atoms with Crippen LogP contribution in [0.2, 0.25) is 0 Å². The van der Waals surface area contributed by atoms with Crippen LogP contribution in [0.3, 0.4) is 0 Å². The summed E-state index contributed by atoms with van der Waals surface area (Å²) < 4.78 is 2.16. The summed E-state index contributed by atoms with van der Waals surface area (Å²) in [4.78, 5) is 4.14. The number of imidazole rings is 1. The van der Waals surface area contributed by atoms with Gasteiger partial charge in [-0.2, -0.15) is 0 Å². The quantitative estimate of drug-likeness (QED) is 0.775. The first-order chi connectivity index (χ1) is 5.99. The molecule has 3 heteroatoms. The zero-order chi connectivity index (χ0) is 10.1. The molecule has 0 saturated heterocycles. The highest BCUT2D eigenvalue weighted by atomic mass is 15.1. The Kier molecular flexibility index (Phi) is 2.76. The van der Waals surface area contributed by atoms with Crippen LogP contribution in [-0.4, -0.2) is 9.55 Å². The van der Waals surface area contributed by atoms with Crippen LogP contribution in [0.4, 0.5) is 0 Å². The van der Waals surface area contributed by atoms with Crippen molar-refractivity contribution in [3.63, 3.8) is 0 Å².